The number of para-hydroxylation sites is 1. The van der Waals surface area contributed by atoms with Crippen LogP contribution in [0.5, 0.6) is 5.75 Å². The number of amides is 1. The van der Waals surface area contributed by atoms with Crippen LogP contribution in [0.25, 0.3) is 5.69 Å². The molecule has 1 aromatic carbocycles. The van der Waals surface area contributed by atoms with Gasteiger partial charge in [-0.1, -0.05) is 18.2 Å². The van der Waals surface area contributed by atoms with E-state index in [1.165, 1.54) is 38.5 Å². The summed E-state index contributed by atoms with van der Waals surface area (Å²) in [5, 5.41) is 7.83. The molecule has 0 aliphatic heterocycles. The molecule has 1 amide bonds. The molecule has 148 valence electrons. The summed E-state index contributed by atoms with van der Waals surface area (Å²) in [4.78, 5) is 13.1. The minimum Gasteiger partial charge on any atom is -0.493 e. The number of benzene rings is 1. The van der Waals surface area contributed by atoms with E-state index < -0.39 is 0 Å². The summed E-state index contributed by atoms with van der Waals surface area (Å²) in [5.41, 5.74) is 1.55. The molecule has 0 saturated heterocycles. The number of hydrogen-bond donors (Lipinski definition) is 1. The number of carbonyl (C=O) groups is 1. The second kappa shape index (κ2) is 6.64. The second-order valence-corrected chi connectivity index (χ2v) is 9.30. The summed E-state index contributed by atoms with van der Waals surface area (Å²) in [6.45, 7) is 2.20. The molecule has 2 aromatic rings. The third-order valence-electron chi connectivity index (χ3n) is 7.49. The van der Waals surface area contributed by atoms with Gasteiger partial charge in [0.2, 0.25) is 0 Å². The van der Waals surface area contributed by atoms with Gasteiger partial charge >= 0.3 is 0 Å². The Hall–Kier alpha value is -2.30. The summed E-state index contributed by atoms with van der Waals surface area (Å²) in [6, 6.07) is 9.97. The van der Waals surface area contributed by atoms with Gasteiger partial charge in [0.1, 0.15) is 0 Å². The van der Waals surface area contributed by atoms with Crippen molar-refractivity contribution in [3.05, 3.63) is 42.2 Å². The highest BCUT2D eigenvalue weighted by Crippen LogP contribution is 2.61. The monoisotopic (exact) mass is 379 g/mol. The number of hydrogen-bond acceptors (Lipinski definition) is 3. The van der Waals surface area contributed by atoms with E-state index in [9.17, 15) is 4.79 Å². The number of nitrogens with zero attached hydrogens (tertiary/aromatic N) is 2. The Morgan fingerprint density at radius 1 is 1.14 bits per heavy atom. The number of carbonyl (C=O) groups excluding carboxylic acids is 1. The smallest absolute Gasteiger partial charge is 0.275 e. The lowest BCUT2D eigenvalue weighted by Gasteiger charge is -2.59. The zero-order valence-electron chi connectivity index (χ0n) is 16.7. The van der Waals surface area contributed by atoms with Crippen LogP contribution < -0.4 is 10.1 Å². The van der Waals surface area contributed by atoms with E-state index in [2.05, 4.69) is 17.3 Å². The van der Waals surface area contributed by atoms with Crippen LogP contribution in [-0.2, 0) is 0 Å². The predicted molar refractivity (Wildman–Crippen MR) is 108 cm³/mol. The van der Waals surface area contributed by atoms with Crippen LogP contribution in [0.3, 0.4) is 0 Å². The molecule has 0 radical (unpaired) electrons. The Bertz CT molecular complexity index is 838. The van der Waals surface area contributed by atoms with E-state index in [1.807, 2.05) is 30.3 Å². The molecular weight excluding hydrogens is 350 g/mol. The fourth-order valence-electron chi connectivity index (χ4n) is 6.50. The van der Waals surface area contributed by atoms with Gasteiger partial charge in [0.15, 0.2) is 11.4 Å². The van der Waals surface area contributed by atoms with E-state index in [4.69, 9.17) is 4.74 Å². The fourth-order valence-corrected chi connectivity index (χ4v) is 6.50. The first-order valence-corrected chi connectivity index (χ1v) is 10.6. The molecular formula is C23H29N3O2. The Morgan fingerprint density at radius 3 is 2.32 bits per heavy atom. The van der Waals surface area contributed by atoms with Crippen molar-refractivity contribution < 1.29 is 9.53 Å². The largest absolute Gasteiger partial charge is 0.493 e. The van der Waals surface area contributed by atoms with Crippen molar-refractivity contribution >= 4 is 5.91 Å². The van der Waals surface area contributed by atoms with E-state index >= 15 is 0 Å². The van der Waals surface area contributed by atoms with Gasteiger partial charge in [-0.05, 0) is 80.8 Å². The fraction of sp³-hybridized carbons (Fsp3) is 0.565. The molecule has 4 aliphatic rings. The maximum absolute atomic E-state index is 13.1. The van der Waals surface area contributed by atoms with Crippen molar-refractivity contribution in [1.82, 2.24) is 15.1 Å². The quantitative estimate of drug-likeness (QED) is 0.846. The van der Waals surface area contributed by atoms with E-state index in [0.717, 1.165) is 23.4 Å². The summed E-state index contributed by atoms with van der Waals surface area (Å²) in [6.07, 6.45) is 9.83. The third-order valence-corrected chi connectivity index (χ3v) is 7.49. The number of aromatic nitrogens is 2. The maximum atomic E-state index is 13.1. The van der Waals surface area contributed by atoms with E-state index in [-0.39, 0.29) is 17.4 Å². The molecule has 5 nitrogen and oxygen atoms in total. The molecule has 0 spiro atoms. The van der Waals surface area contributed by atoms with Gasteiger partial charge in [-0.15, -0.1) is 0 Å². The van der Waals surface area contributed by atoms with Crippen LogP contribution >= 0.6 is 0 Å². The standard InChI is InChI=1S/C23H29N3O2/c1-15(23-11-16-8-17(12-23)10-18(9-16)13-23)24-22(27)21-20(28-2)14-26(25-21)19-6-4-3-5-7-19/h3-7,14-18H,8-13H2,1-2H3,(H,24,27). The molecule has 28 heavy (non-hydrogen) atoms. The average molecular weight is 380 g/mol. The topological polar surface area (TPSA) is 56.2 Å². The molecule has 1 unspecified atom stereocenters. The predicted octanol–water partition coefficient (Wildman–Crippen LogP) is 4.22. The van der Waals surface area contributed by atoms with Gasteiger partial charge in [0.25, 0.3) is 5.91 Å². The molecule has 4 bridgehead atoms. The molecule has 4 fully saturated rings. The maximum Gasteiger partial charge on any atom is 0.275 e. The normalized spacial score (nSPS) is 31.6. The minimum atomic E-state index is -0.130. The SMILES string of the molecule is COc1cn(-c2ccccc2)nc1C(=O)NC(C)C12CC3CC(CC(C3)C1)C2. The Morgan fingerprint density at radius 2 is 1.75 bits per heavy atom. The number of rotatable bonds is 5. The van der Waals surface area contributed by atoms with Gasteiger partial charge in [0, 0.05) is 6.04 Å². The first kappa shape index (κ1) is 17.8. The summed E-state index contributed by atoms with van der Waals surface area (Å²) in [7, 11) is 1.59. The van der Waals surface area contributed by atoms with Crippen molar-refractivity contribution in [3.8, 4) is 11.4 Å². The minimum absolute atomic E-state index is 0.130. The summed E-state index contributed by atoms with van der Waals surface area (Å²) < 4.78 is 7.17. The molecule has 1 N–H and O–H groups in total. The highest BCUT2D eigenvalue weighted by molar-refractivity contribution is 5.95. The Kier molecular flexibility index (Phi) is 4.22. The molecule has 1 heterocycles. The lowest BCUT2D eigenvalue weighted by atomic mass is 9.48. The highest BCUT2D eigenvalue weighted by atomic mass is 16.5. The van der Waals surface area contributed by atoms with Crippen molar-refractivity contribution in [2.24, 2.45) is 23.2 Å². The zero-order chi connectivity index (χ0) is 19.3. The van der Waals surface area contributed by atoms with Gasteiger partial charge in [0.05, 0.1) is 19.0 Å². The van der Waals surface area contributed by atoms with Gasteiger partial charge in [-0.25, -0.2) is 4.68 Å². The van der Waals surface area contributed by atoms with Crippen LogP contribution in [0.4, 0.5) is 0 Å². The lowest BCUT2D eigenvalue weighted by molar-refractivity contribution is -0.0688. The third kappa shape index (κ3) is 2.92. The first-order chi connectivity index (χ1) is 13.6. The highest BCUT2D eigenvalue weighted by Gasteiger charge is 2.53. The van der Waals surface area contributed by atoms with Crippen LogP contribution in [-0.4, -0.2) is 28.8 Å². The molecule has 5 heteroatoms. The van der Waals surface area contributed by atoms with Gasteiger partial charge in [-0.3, -0.25) is 4.79 Å². The first-order valence-electron chi connectivity index (χ1n) is 10.6. The van der Waals surface area contributed by atoms with Crippen LogP contribution in [0.1, 0.15) is 55.9 Å². The van der Waals surface area contributed by atoms with Crippen molar-refractivity contribution in [2.45, 2.75) is 51.5 Å². The molecule has 1 atom stereocenters. The molecule has 6 rings (SSSR count). The van der Waals surface area contributed by atoms with Crippen molar-refractivity contribution in [3.63, 3.8) is 0 Å². The van der Waals surface area contributed by atoms with E-state index in [1.54, 1.807) is 18.0 Å². The second-order valence-electron chi connectivity index (χ2n) is 9.30. The van der Waals surface area contributed by atoms with Crippen LogP contribution in [0, 0.1) is 23.2 Å². The number of methoxy groups -OCH3 is 1. The van der Waals surface area contributed by atoms with Crippen molar-refractivity contribution in [1.29, 1.82) is 0 Å². The summed E-state index contributed by atoms with van der Waals surface area (Å²) >= 11 is 0. The summed E-state index contributed by atoms with van der Waals surface area (Å²) in [5.74, 6) is 3.00. The van der Waals surface area contributed by atoms with Crippen LogP contribution in [0.15, 0.2) is 36.5 Å². The number of ether oxygens (including phenoxy) is 1. The molecule has 4 saturated carbocycles. The van der Waals surface area contributed by atoms with E-state index in [0.29, 0.717) is 11.4 Å². The number of nitrogens with one attached hydrogen (secondary N) is 1. The van der Waals surface area contributed by atoms with Gasteiger partial charge < -0.3 is 10.1 Å². The lowest BCUT2D eigenvalue weighted by Crippen LogP contribution is -2.55. The zero-order valence-corrected chi connectivity index (χ0v) is 16.7. The molecule has 1 aromatic heterocycles. The molecule has 4 aliphatic carbocycles. The average Bonchev–Trinajstić information content (AvgIpc) is 3.12. The Balaban J connectivity index is 1.36. The Labute approximate surface area is 166 Å². The van der Waals surface area contributed by atoms with Crippen molar-refractivity contribution in [2.75, 3.05) is 7.11 Å². The van der Waals surface area contributed by atoms with Crippen LogP contribution in [0.2, 0.25) is 0 Å². The van der Waals surface area contributed by atoms with Gasteiger partial charge in [-0.2, -0.15) is 5.10 Å².